The topological polar surface area (TPSA) is 108 Å². The van der Waals surface area contributed by atoms with Crippen molar-refractivity contribution in [3.8, 4) is 0 Å². The summed E-state index contributed by atoms with van der Waals surface area (Å²) < 4.78 is 0. The average molecular weight is 339 g/mol. The lowest BCUT2D eigenvalue weighted by Gasteiger charge is -2.10. The van der Waals surface area contributed by atoms with Crippen molar-refractivity contribution in [2.75, 3.05) is 10.6 Å². The second-order valence-corrected chi connectivity index (χ2v) is 5.11. The summed E-state index contributed by atoms with van der Waals surface area (Å²) in [5, 5.41) is 13.9. The molecule has 0 aliphatic rings. The molecule has 2 aromatic carbocycles. The molecule has 0 atom stereocenters. The van der Waals surface area contributed by atoms with Gasteiger partial charge in [-0.05, 0) is 35.9 Å². The van der Waals surface area contributed by atoms with E-state index in [-0.39, 0.29) is 11.8 Å². The van der Waals surface area contributed by atoms with Gasteiger partial charge in [-0.2, -0.15) is 0 Å². The molecule has 0 radical (unpaired) electrons. The minimum absolute atomic E-state index is 0.227. The quantitative estimate of drug-likeness (QED) is 0.381. The Labute approximate surface area is 144 Å². The SMILES string of the molecule is CC(=O)Nc1cccc(C(=O)Nc2ccccc2C=CC(=O)NO)c1. The van der Waals surface area contributed by atoms with Crippen molar-refractivity contribution in [2.24, 2.45) is 0 Å². The van der Waals surface area contributed by atoms with Gasteiger partial charge in [0.2, 0.25) is 5.91 Å². The Balaban J connectivity index is 2.20. The minimum Gasteiger partial charge on any atom is -0.326 e. The zero-order chi connectivity index (χ0) is 18.2. The van der Waals surface area contributed by atoms with Crippen molar-refractivity contribution in [2.45, 2.75) is 6.92 Å². The molecule has 0 fully saturated rings. The highest BCUT2D eigenvalue weighted by Crippen LogP contribution is 2.19. The van der Waals surface area contributed by atoms with Crippen LogP contribution in [0.15, 0.2) is 54.6 Å². The third kappa shape index (κ3) is 5.29. The lowest BCUT2D eigenvalue weighted by Crippen LogP contribution is -2.15. The van der Waals surface area contributed by atoms with Gasteiger partial charge in [0.05, 0.1) is 0 Å². The Morgan fingerprint density at radius 2 is 1.76 bits per heavy atom. The van der Waals surface area contributed by atoms with Crippen molar-refractivity contribution in [3.05, 3.63) is 65.7 Å². The second kappa shape index (κ2) is 8.42. The first-order chi connectivity index (χ1) is 12.0. The van der Waals surface area contributed by atoms with Crippen LogP contribution in [0.1, 0.15) is 22.8 Å². The summed E-state index contributed by atoms with van der Waals surface area (Å²) in [5.41, 5.74) is 3.48. The number of carbonyl (C=O) groups is 3. The fraction of sp³-hybridized carbons (Fsp3) is 0.0556. The number of nitrogens with one attached hydrogen (secondary N) is 3. The van der Waals surface area contributed by atoms with Gasteiger partial charge in [0, 0.05) is 29.9 Å². The molecule has 4 N–H and O–H groups in total. The molecule has 0 unspecified atom stereocenters. The Morgan fingerprint density at radius 1 is 1.00 bits per heavy atom. The normalized spacial score (nSPS) is 10.3. The average Bonchev–Trinajstić information content (AvgIpc) is 2.60. The van der Waals surface area contributed by atoms with E-state index in [0.717, 1.165) is 6.08 Å². The van der Waals surface area contributed by atoms with E-state index in [2.05, 4.69) is 10.6 Å². The molecule has 0 heterocycles. The van der Waals surface area contributed by atoms with Crippen LogP contribution in [0.25, 0.3) is 6.08 Å². The Morgan fingerprint density at radius 3 is 2.48 bits per heavy atom. The number of carbonyl (C=O) groups excluding carboxylic acids is 3. The highest BCUT2D eigenvalue weighted by molar-refractivity contribution is 6.06. The fourth-order valence-corrected chi connectivity index (χ4v) is 2.09. The molecule has 25 heavy (non-hydrogen) atoms. The summed E-state index contributed by atoms with van der Waals surface area (Å²) in [7, 11) is 0. The third-order valence-corrected chi connectivity index (χ3v) is 3.18. The van der Waals surface area contributed by atoms with E-state index in [1.165, 1.54) is 18.5 Å². The maximum Gasteiger partial charge on any atom is 0.267 e. The lowest BCUT2D eigenvalue weighted by atomic mass is 10.1. The van der Waals surface area contributed by atoms with E-state index < -0.39 is 5.91 Å². The highest BCUT2D eigenvalue weighted by atomic mass is 16.5. The molecule has 2 aromatic rings. The molecular weight excluding hydrogens is 322 g/mol. The van der Waals surface area contributed by atoms with Crippen LogP contribution in [0.3, 0.4) is 0 Å². The van der Waals surface area contributed by atoms with Gasteiger partial charge in [-0.15, -0.1) is 0 Å². The number of hydroxylamine groups is 1. The minimum atomic E-state index is -0.677. The highest BCUT2D eigenvalue weighted by Gasteiger charge is 2.09. The van der Waals surface area contributed by atoms with E-state index in [4.69, 9.17) is 5.21 Å². The predicted octanol–water partition coefficient (Wildman–Crippen LogP) is 2.42. The van der Waals surface area contributed by atoms with Crippen LogP contribution in [-0.4, -0.2) is 22.9 Å². The molecule has 7 heteroatoms. The van der Waals surface area contributed by atoms with E-state index in [9.17, 15) is 14.4 Å². The van der Waals surface area contributed by atoms with Gasteiger partial charge < -0.3 is 10.6 Å². The van der Waals surface area contributed by atoms with Crippen LogP contribution in [0.2, 0.25) is 0 Å². The molecule has 2 rings (SSSR count). The van der Waals surface area contributed by atoms with Gasteiger partial charge in [0.25, 0.3) is 11.8 Å². The van der Waals surface area contributed by atoms with Crippen LogP contribution < -0.4 is 16.1 Å². The fourth-order valence-electron chi connectivity index (χ4n) is 2.09. The largest absolute Gasteiger partial charge is 0.326 e. The first-order valence-electron chi connectivity index (χ1n) is 7.40. The van der Waals surface area contributed by atoms with E-state index in [1.807, 2.05) is 0 Å². The molecule has 0 aromatic heterocycles. The van der Waals surface area contributed by atoms with Gasteiger partial charge in [-0.25, -0.2) is 5.48 Å². The Kier molecular flexibility index (Phi) is 6.02. The molecule has 0 aliphatic heterocycles. The Hall–Kier alpha value is -3.45. The van der Waals surface area contributed by atoms with Gasteiger partial charge in [0.1, 0.15) is 0 Å². The third-order valence-electron chi connectivity index (χ3n) is 3.18. The molecule has 0 saturated heterocycles. The van der Waals surface area contributed by atoms with Crippen molar-refractivity contribution in [1.82, 2.24) is 5.48 Å². The molecule has 128 valence electrons. The van der Waals surface area contributed by atoms with Gasteiger partial charge in [0.15, 0.2) is 0 Å². The van der Waals surface area contributed by atoms with Crippen molar-refractivity contribution in [3.63, 3.8) is 0 Å². The Bertz CT molecular complexity index is 831. The summed E-state index contributed by atoms with van der Waals surface area (Å²) in [6.45, 7) is 1.39. The van der Waals surface area contributed by atoms with Crippen LogP contribution in [-0.2, 0) is 9.59 Å². The maximum absolute atomic E-state index is 12.4. The molecule has 7 nitrogen and oxygen atoms in total. The van der Waals surface area contributed by atoms with Crippen LogP contribution in [0, 0.1) is 0 Å². The standard InChI is InChI=1S/C18H17N3O4/c1-12(22)19-15-7-4-6-14(11-15)18(24)20-16-8-3-2-5-13(16)9-10-17(23)21-25/h2-11,25H,1H3,(H,19,22)(H,20,24)(H,21,23). The summed E-state index contributed by atoms with van der Waals surface area (Å²) in [4.78, 5) is 34.6. The van der Waals surface area contributed by atoms with E-state index >= 15 is 0 Å². The molecule has 0 spiro atoms. The molecular formula is C18H17N3O4. The summed E-state index contributed by atoms with van der Waals surface area (Å²) >= 11 is 0. The maximum atomic E-state index is 12.4. The predicted molar refractivity (Wildman–Crippen MR) is 94.1 cm³/mol. The van der Waals surface area contributed by atoms with Gasteiger partial charge in [-0.1, -0.05) is 24.3 Å². The zero-order valence-corrected chi connectivity index (χ0v) is 13.4. The number of anilines is 2. The summed E-state index contributed by atoms with van der Waals surface area (Å²) in [6, 6.07) is 13.4. The molecule has 0 bridgehead atoms. The molecule has 3 amide bonds. The van der Waals surface area contributed by atoms with Crippen molar-refractivity contribution in [1.29, 1.82) is 0 Å². The van der Waals surface area contributed by atoms with Crippen LogP contribution in [0.4, 0.5) is 11.4 Å². The van der Waals surface area contributed by atoms with Crippen LogP contribution >= 0.6 is 0 Å². The summed E-state index contributed by atoms with van der Waals surface area (Å²) in [6.07, 6.45) is 2.61. The number of rotatable bonds is 5. The molecule has 0 aliphatic carbocycles. The lowest BCUT2D eigenvalue weighted by molar-refractivity contribution is -0.124. The smallest absolute Gasteiger partial charge is 0.267 e. The number of para-hydroxylation sites is 1. The van der Waals surface area contributed by atoms with Crippen LogP contribution in [0.5, 0.6) is 0 Å². The van der Waals surface area contributed by atoms with Gasteiger partial charge >= 0.3 is 0 Å². The van der Waals surface area contributed by atoms with E-state index in [0.29, 0.717) is 22.5 Å². The number of amides is 3. The first-order valence-corrected chi connectivity index (χ1v) is 7.40. The molecule has 0 saturated carbocycles. The van der Waals surface area contributed by atoms with Gasteiger partial charge in [-0.3, -0.25) is 19.6 Å². The number of hydrogen-bond acceptors (Lipinski definition) is 4. The first kappa shape index (κ1) is 17.9. The monoisotopic (exact) mass is 339 g/mol. The number of benzene rings is 2. The van der Waals surface area contributed by atoms with Crippen molar-refractivity contribution < 1.29 is 19.6 Å². The summed E-state index contributed by atoms with van der Waals surface area (Å²) in [5.74, 6) is -1.26. The zero-order valence-electron chi connectivity index (χ0n) is 13.4. The van der Waals surface area contributed by atoms with E-state index in [1.54, 1.807) is 48.5 Å². The number of hydrogen-bond donors (Lipinski definition) is 4. The second-order valence-electron chi connectivity index (χ2n) is 5.11. The van der Waals surface area contributed by atoms with Crippen molar-refractivity contribution >= 4 is 35.2 Å².